The molecule has 0 radical (unpaired) electrons. The van der Waals surface area contributed by atoms with Gasteiger partial charge in [0.25, 0.3) is 0 Å². The summed E-state index contributed by atoms with van der Waals surface area (Å²) in [6.45, 7) is 3.69. The number of nitrogens with zero attached hydrogens (tertiary/aromatic N) is 1. The number of aryl methyl sites for hydroxylation is 2. The molecule has 1 aliphatic heterocycles. The molecular formula is C16H24N2O. The molecule has 0 atom stereocenters. The van der Waals surface area contributed by atoms with Gasteiger partial charge in [-0.25, -0.2) is 0 Å². The number of fused-ring (bicyclic) bond motifs is 1. The molecule has 1 amide bonds. The highest BCUT2D eigenvalue weighted by Gasteiger charge is 2.21. The van der Waals surface area contributed by atoms with Crippen LogP contribution in [-0.4, -0.2) is 19.0 Å². The minimum atomic E-state index is 0.266. The van der Waals surface area contributed by atoms with E-state index < -0.39 is 0 Å². The lowest BCUT2D eigenvalue weighted by atomic mass is 9.99. The third-order valence-corrected chi connectivity index (χ3v) is 3.75. The summed E-state index contributed by atoms with van der Waals surface area (Å²) < 4.78 is 0. The molecule has 0 saturated heterocycles. The minimum absolute atomic E-state index is 0.266. The predicted octanol–water partition coefficient (Wildman–Crippen LogP) is 2.79. The van der Waals surface area contributed by atoms with Crippen LogP contribution in [0.2, 0.25) is 0 Å². The molecule has 0 spiro atoms. The molecule has 1 aliphatic rings. The molecule has 2 N–H and O–H groups in total. The van der Waals surface area contributed by atoms with E-state index in [4.69, 9.17) is 5.73 Å². The summed E-state index contributed by atoms with van der Waals surface area (Å²) in [4.78, 5) is 14.3. The van der Waals surface area contributed by atoms with Gasteiger partial charge in [0.1, 0.15) is 0 Å². The van der Waals surface area contributed by atoms with Gasteiger partial charge in [0.15, 0.2) is 0 Å². The van der Waals surface area contributed by atoms with Crippen molar-refractivity contribution >= 4 is 11.6 Å². The van der Waals surface area contributed by atoms with Crippen molar-refractivity contribution in [3.63, 3.8) is 0 Å². The third-order valence-electron chi connectivity index (χ3n) is 3.75. The van der Waals surface area contributed by atoms with Gasteiger partial charge >= 0.3 is 0 Å². The second-order valence-corrected chi connectivity index (χ2v) is 5.38. The van der Waals surface area contributed by atoms with Crippen molar-refractivity contribution in [2.24, 2.45) is 5.73 Å². The van der Waals surface area contributed by atoms with Crippen LogP contribution >= 0.6 is 0 Å². The van der Waals surface area contributed by atoms with Crippen LogP contribution in [0.15, 0.2) is 18.2 Å². The molecule has 3 nitrogen and oxygen atoms in total. The van der Waals surface area contributed by atoms with Crippen LogP contribution in [0.5, 0.6) is 0 Å². The smallest absolute Gasteiger partial charge is 0.226 e. The molecule has 0 aliphatic carbocycles. The number of hydrogen-bond acceptors (Lipinski definition) is 2. The standard InChI is InChI=1S/C16H24N2O/c1-13-8-9-15-14(12-13)6-5-11-18(15)16(19)7-3-2-4-10-17/h8-9,12H,2-7,10-11,17H2,1H3. The Balaban J connectivity index is 2.00. The van der Waals surface area contributed by atoms with Crippen LogP contribution in [0.1, 0.15) is 43.2 Å². The zero-order valence-electron chi connectivity index (χ0n) is 11.8. The molecule has 0 aromatic heterocycles. The number of benzene rings is 1. The molecule has 1 heterocycles. The Labute approximate surface area is 115 Å². The Hall–Kier alpha value is -1.35. The van der Waals surface area contributed by atoms with E-state index in [1.807, 2.05) is 4.90 Å². The summed E-state index contributed by atoms with van der Waals surface area (Å²) in [6.07, 6.45) is 5.83. The second kappa shape index (κ2) is 6.71. The zero-order valence-corrected chi connectivity index (χ0v) is 11.8. The number of rotatable bonds is 5. The van der Waals surface area contributed by atoms with Crippen molar-refractivity contribution in [2.45, 2.75) is 45.4 Å². The van der Waals surface area contributed by atoms with Crippen LogP contribution in [0.25, 0.3) is 0 Å². The molecule has 0 fully saturated rings. The monoisotopic (exact) mass is 260 g/mol. The van der Waals surface area contributed by atoms with Gasteiger partial charge in [-0.1, -0.05) is 24.1 Å². The van der Waals surface area contributed by atoms with E-state index >= 15 is 0 Å². The number of amides is 1. The minimum Gasteiger partial charge on any atom is -0.330 e. The molecule has 104 valence electrons. The molecular weight excluding hydrogens is 236 g/mol. The third kappa shape index (κ3) is 3.57. The highest BCUT2D eigenvalue weighted by atomic mass is 16.2. The van der Waals surface area contributed by atoms with Gasteiger partial charge in [-0.3, -0.25) is 4.79 Å². The Kier molecular flexibility index (Phi) is 4.97. The van der Waals surface area contributed by atoms with Crippen molar-refractivity contribution in [3.8, 4) is 0 Å². The topological polar surface area (TPSA) is 46.3 Å². The fraction of sp³-hybridized carbons (Fsp3) is 0.562. The maximum absolute atomic E-state index is 12.3. The predicted molar refractivity (Wildman–Crippen MR) is 79.4 cm³/mol. The SMILES string of the molecule is Cc1ccc2c(c1)CCCN2C(=O)CCCCCN. The average Bonchev–Trinajstić information content (AvgIpc) is 2.42. The molecule has 0 bridgehead atoms. The maximum atomic E-state index is 12.3. The maximum Gasteiger partial charge on any atom is 0.226 e. The molecule has 0 unspecified atom stereocenters. The molecule has 2 rings (SSSR count). The van der Waals surface area contributed by atoms with Crippen LogP contribution in [0.4, 0.5) is 5.69 Å². The molecule has 3 heteroatoms. The molecule has 1 aromatic rings. The summed E-state index contributed by atoms with van der Waals surface area (Å²) in [5.74, 6) is 0.266. The van der Waals surface area contributed by atoms with Gasteiger partial charge in [-0.2, -0.15) is 0 Å². The normalized spacial score (nSPS) is 14.3. The number of nitrogens with two attached hydrogens (primary N) is 1. The Morgan fingerprint density at radius 2 is 2.16 bits per heavy atom. The van der Waals surface area contributed by atoms with E-state index in [1.165, 1.54) is 11.1 Å². The molecule has 0 saturated carbocycles. The van der Waals surface area contributed by atoms with Gasteiger partial charge in [-0.15, -0.1) is 0 Å². The Bertz CT molecular complexity index is 442. The lowest BCUT2D eigenvalue weighted by Gasteiger charge is -2.30. The van der Waals surface area contributed by atoms with Crippen molar-refractivity contribution in [2.75, 3.05) is 18.0 Å². The first-order valence-electron chi connectivity index (χ1n) is 7.32. The van der Waals surface area contributed by atoms with Crippen LogP contribution in [0.3, 0.4) is 0 Å². The Morgan fingerprint density at radius 1 is 1.32 bits per heavy atom. The lowest BCUT2D eigenvalue weighted by Crippen LogP contribution is -2.35. The summed E-state index contributed by atoms with van der Waals surface area (Å²) in [6, 6.07) is 6.41. The number of carbonyl (C=O) groups is 1. The largest absolute Gasteiger partial charge is 0.330 e. The molecule has 1 aromatic carbocycles. The van der Waals surface area contributed by atoms with Crippen LogP contribution in [0, 0.1) is 6.92 Å². The molecule has 19 heavy (non-hydrogen) atoms. The number of unbranched alkanes of at least 4 members (excludes halogenated alkanes) is 2. The van der Waals surface area contributed by atoms with Crippen LogP contribution < -0.4 is 10.6 Å². The second-order valence-electron chi connectivity index (χ2n) is 5.38. The van der Waals surface area contributed by atoms with Gasteiger partial charge in [0.05, 0.1) is 0 Å². The van der Waals surface area contributed by atoms with Gasteiger partial charge < -0.3 is 10.6 Å². The van der Waals surface area contributed by atoms with Crippen molar-refractivity contribution in [1.29, 1.82) is 0 Å². The van der Waals surface area contributed by atoms with Gasteiger partial charge in [0, 0.05) is 18.7 Å². The first-order chi connectivity index (χ1) is 9.22. The van der Waals surface area contributed by atoms with E-state index in [0.717, 1.165) is 50.9 Å². The van der Waals surface area contributed by atoms with Gasteiger partial charge in [0.2, 0.25) is 5.91 Å². The number of hydrogen-bond donors (Lipinski definition) is 1. The average molecular weight is 260 g/mol. The van der Waals surface area contributed by atoms with E-state index in [2.05, 4.69) is 25.1 Å². The Morgan fingerprint density at radius 3 is 2.95 bits per heavy atom. The van der Waals surface area contributed by atoms with E-state index in [1.54, 1.807) is 0 Å². The summed E-state index contributed by atoms with van der Waals surface area (Å²) in [5.41, 5.74) is 9.19. The van der Waals surface area contributed by atoms with E-state index in [-0.39, 0.29) is 5.91 Å². The highest BCUT2D eigenvalue weighted by Crippen LogP contribution is 2.28. The van der Waals surface area contributed by atoms with E-state index in [0.29, 0.717) is 6.42 Å². The summed E-state index contributed by atoms with van der Waals surface area (Å²) >= 11 is 0. The number of anilines is 1. The first kappa shape index (κ1) is 14.1. The van der Waals surface area contributed by atoms with Gasteiger partial charge in [-0.05, 0) is 50.8 Å². The lowest BCUT2D eigenvalue weighted by molar-refractivity contribution is -0.118. The summed E-state index contributed by atoms with van der Waals surface area (Å²) in [7, 11) is 0. The first-order valence-corrected chi connectivity index (χ1v) is 7.32. The van der Waals surface area contributed by atoms with Crippen molar-refractivity contribution in [3.05, 3.63) is 29.3 Å². The number of carbonyl (C=O) groups excluding carboxylic acids is 1. The van der Waals surface area contributed by atoms with Crippen molar-refractivity contribution in [1.82, 2.24) is 0 Å². The fourth-order valence-corrected chi connectivity index (χ4v) is 2.72. The summed E-state index contributed by atoms with van der Waals surface area (Å²) in [5, 5.41) is 0. The fourth-order valence-electron chi connectivity index (χ4n) is 2.72. The van der Waals surface area contributed by atoms with Crippen molar-refractivity contribution < 1.29 is 4.79 Å². The quantitative estimate of drug-likeness (QED) is 0.827. The highest BCUT2D eigenvalue weighted by molar-refractivity contribution is 5.94. The van der Waals surface area contributed by atoms with Crippen LogP contribution in [-0.2, 0) is 11.2 Å². The zero-order chi connectivity index (χ0) is 13.7. The van der Waals surface area contributed by atoms with E-state index in [9.17, 15) is 4.79 Å².